The predicted molar refractivity (Wildman–Crippen MR) is 127 cm³/mol. The first-order chi connectivity index (χ1) is 15.6. The molecule has 6 nitrogen and oxygen atoms in total. The second-order valence-corrected chi connectivity index (χ2v) is 8.21. The van der Waals surface area contributed by atoms with E-state index in [9.17, 15) is 9.59 Å². The van der Waals surface area contributed by atoms with Gasteiger partial charge in [0.2, 0.25) is 0 Å². The van der Waals surface area contributed by atoms with Crippen LogP contribution in [0.3, 0.4) is 0 Å². The van der Waals surface area contributed by atoms with Gasteiger partial charge in [-0.15, -0.1) is 11.8 Å². The molecule has 4 aromatic rings. The molecule has 1 N–H and O–H groups in total. The maximum atomic E-state index is 13.0. The largest absolute Gasteiger partial charge is 0.321 e. The van der Waals surface area contributed by atoms with Crippen LogP contribution in [0.1, 0.15) is 22.6 Å². The van der Waals surface area contributed by atoms with Crippen LogP contribution in [0, 0.1) is 18.3 Å². The van der Waals surface area contributed by atoms with Crippen molar-refractivity contribution in [2.75, 3.05) is 11.1 Å². The number of aryl methyl sites for hydroxylation is 1. The lowest BCUT2D eigenvalue weighted by Gasteiger charge is -2.12. The summed E-state index contributed by atoms with van der Waals surface area (Å²) in [5, 5.41) is 12.2. The quantitative estimate of drug-likeness (QED) is 0.338. The summed E-state index contributed by atoms with van der Waals surface area (Å²) in [7, 11) is 0. The van der Waals surface area contributed by atoms with E-state index < -0.39 is 0 Å². The van der Waals surface area contributed by atoms with Crippen molar-refractivity contribution in [3.05, 3.63) is 94.5 Å². The van der Waals surface area contributed by atoms with Crippen LogP contribution < -0.4 is 10.9 Å². The molecule has 158 valence electrons. The average molecular weight is 441 g/mol. The molecule has 3 aromatic carbocycles. The summed E-state index contributed by atoms with van der Waals surface area (Å²) in [6.07, 6.45) is 0.441. The molecule has 1 heterocycles. The van der Waals surface area contributed by atoms with E-state index in [1.165, 1.54) is 11.8 Å². The molecule has 0 aliphatic heterocycles. The van der Waals surface area contributed by atoms with Crippen molar-refractivity contribution in [2.45, 2.75) is 18.2 Å². The van der Waals surface area contributed by atoms with E-state index in [2.05, 4.69) is 16.4 Å². The van der Waals surface area contributed by atoms with Gasteiger partial charge >= 0.3 is 0 Å². The Kier molecular flexibility index (Phi) is 6.34. The number of aromatic nitrogens is 2. The number of fused-ring (bicyclic) bond motifs is 1. The summed E-state index contributed by atoms with van der Waals surface area (Å²) in [5.74, 6) is 0.992. The Morgan fingerprint density at radius 2 is 1.78 bits per heavy atom. The molecule has 0 spiro atoms. The molecule has 1 amide bonds. The number of nitriles is 1. The van der Waals surface area contributed by atoms with Crippen molar-refractivity contribution in [1.82, 2.24) is 9.55 Å². The van der Waals surface area contributed by atoms with Gasteiger partial charge in [0.05, 0.1) is 28.3 Å². The summed E-state index contributed by atoms with van der Waals surface area (Å²) < 4.78 is 1.55. The molecule has 32 heavy (non-hydrogen) atoms. The van der Waals surface area contributed by atoms with Crippen LogP contribution in [-0.2, 0) is 0 Å². The van der Waals surface area contributed by atoms with E-state index in [0.29, 0.717) is 45.8 Å². The first kappa shape index (κ1) is 21.3. The molecule has 0 unspecified atom stereocenters. The first-order valence-electron chi connectivity index (χ1n) is 10.1. The van der Waals surface area contributed by atoms with E-state index in [1.54, 1.807) is 41.8 Å². The molecule has 0 saturated heterocycles. The SMILES string of the molecule is Cc1nc2ccccc2c(=O)n1-c1ccc(C(=O)Nc2ccccc2SCCC#N)cc1. The molecule has 0 aliphatic rings. The lowest BCUT2D eigenvalue weighted by Crippen LogP contribution is -2.22. The highest BCUT2D eigenvalue weighted by atomic mass is 32.2. The Morgan fingerprint density at radius 3 is 2.56 bits per heavy atom. The molecule has 4 rings (SSSR count). The number of nitrogens with one attached hydrogen (secondary N) is 1. The lowest BCUT2D eigenvalue weighted by atomic mass is 10.1. The van der Waals surface area contributed by atoms with Crippen molar-refractivity contribution >= 4 is 34.3 Å². The number of para-hydroxylation sites is 2. The molecule has 0 fully saturated rings. The lowest BCUT2D eigenvalue weighted by molar-refractivity contribution is 0.102. The zero-order chi connectivity index (χ0) is 22.5. The number of hydrogen-bond donors (Lipinski definition) is 1. The second-order valence-electron chi connectivity index (χ2n) is 7.07. The van der Waals surface area contributed by atoms with Crippen LogP contribution in [0.4, 0.5) is 5.69 Å². The summed E-state index contributed by atoms with van der Waals surface area (Å²) >= 11 is 1.53. The summed E-state index contributed by atoms with van der Waals surface area (Å²) in [5.41, 5.74) is 2.34. The maximum absolute atomic E-state index is 13.0. The van der Waals surface area contributed by atoms with E-state index in [4.69, 9.17) is 5.26 Å². The molecule has 0 aliphatic carbocycles. The van der Waals surface area contributed by atoms with E-state index >= 15 is 0 Å². The topological polar surface area (TPSA) is 87.8 Å². The van der Waals surface area contributed by atoms with E-state index in [-0.39, 0.29) is 11.5 Å². The van der Waals surface area contributed by atoms with Gasteiger partial charge < -0.3 is 5.32 Å². The number of anilines is 1. The Bertz CT molecular complexity index is 1390. The molecule has 0 bridgehead atoms. The number of carbonyl (C=O) groups is 1. The third-order valence-corrected chi connectivity index (χ3v) is 6.01. The van der Waals surface area contributed by atoms with Crippen LogP contribution in [0.15, 0.2) is 82.5 Å². The van der Waals surface area contributed by atoms with Gasteiger partial charge in [0, 0.05) is 22.6 Å². The van der Waals surface area contributed by atoms with Crippen molar-refractivity contribution < 1.29 is 4.79 Å². The van der Waals surface area contributed by atoms with Gasteiger partial charge in [-0.25, -0.2) is 4.98 Å². The second kappa shape index (κ2) is 9.50. The standard InChI is InChI=1S/C25H20N4O2S/c1-17-27-21-8-3-2-7-20(21)25(31)29(17)19-13-11-18(12-14-19)24(30)28-22-9-4-5-10-23(22)32-16-6-15-26/h2-5,7-14H,6,16H2,1H3,(H,28,30). The number of amides is 1. The fraction of sp³-hybridized carbons (Fsp3) is 0.120. The van der Waals surface area contributed by atoms with Gasteiger partial charge in [-0.05, 0) is 55.5 Å². The van der Waals surface area contributed by atoms with Gasteiger partial charge in [-0.2, -0.15) is 5.26 Å². The van der Waals surface area contributed by atoms with Gasteiger partial charge in [0.15, 0.2) is 0 Å². The zero-order valence-electron chi connectivity index (χ0n) is 17.4. The van der Waals surface area contributed by atoms with Crippen molar-refractivity contribution in [2.24, 2.45) is 0 Å². The third kappa shape index (κ3) is 4.41. The first-order valence-corrected chi connectivity index (χ1v) is 11.1. The highest BCUT2D eigenvalue weighted by Gasteiger charge is 2.12. The number of benzene rings is 3. The van der Waals surface area contributed by atoms with Crippen LogP contribution in [0.2, 0.25) is 0 Å². The van der Waals surface area contributed by atoms with Gasteiger partial charge in [0.1, 0.15) is 5.82 Å². The highest BCUT2D eigenvalue weighted by Crippen LogP contribution is 2.28. The molecular weight excluding hydrogens is 420 g/mol. The Balaban J connectivity index is 1.58. The summed E-state index contributed by atoms with van der Waals surface area (Å²) in [6.45, 7) is 1.79. The van der Waals surface area contributed by atoms with E-state index in [0.717, 1.165) is 4.90 Å². The summed E-state index contributed by atoms with van der Waals surface area (Å²) in [4.78, 5) is 31.2. The number of hydrogen-bond acceptors (Lipinski definition) is 5. The van der Waals surface area contributed by atoms with Crippen LogP contribution in [0.25, 0.3) is 16.6 Å². The molecule has 0 atom stereocenters. The maximum Gasteiger partial charge on any atom is 0.265 e. The monoisotopic (exact) mass is 440 g/mol. The highest BCUT2D eigenvalue weighted by molar-refractivity contribution is 7.99. The average Bonchev–Trinajstić information content (AvgIpc) is 2.81. The van der Waals surface area contributed by atoms with Gasteiger partial charge in [0.25, 0.3) is 11.5 Å². The van der Waals surface area contributed by atoms with Crippen molar-refractivity contribution in [1.29, 1.82) is 5.26 Å². The number of nitrogens with zero attached hydrogens (tertiary/aromatic N) is 3. The molecule has 1 aromatic heterocycles. The van der Waals surface area contributed by atoms with Gasteiger partial charge in [-0.3, -0.25) is 14.2 Å². The molecule has 0 saturated carbocycles. The van der Waals surface area contributed by atoms with Crippen LogP contribution >= 0.6 is 11.8 Å². The molecular formula is C25H20N4O2S. The number of thioether (sulfide) groups is 1. The minimum Gasteiger partial charge on any atom is -0.321 e. The Morgan fingerprint density at radius 1 is 1.06 bits per heavy atom. The Labute approximate surface area is 189 Å². The van der Waals surface area contributed by atoms with Crippen molar-refractivity contribution in [3.63, 3.8) is 0 Å². The molecule has 0 radical (unpaired) electrons. The normalized spacial score (nSPS) is 10.6. The van der Waals surface area contributed by atoms with Crippen LogP contribution in [0.5, 0.6) is 0 Å². The zero-order valence-corrected chi connectivity index (χ0v) is 18.2. The third-order valence-electron chi connectivity index (χ3n) is 4.94. The fourth-order valence-corrected chi connectivity index (χ4v) is 4.27. The number of carbonyl (C=O) groups excluding carboxylic acids is 1. The summed E-state index contributed by atoms with van der Waals surface area (Å²) in [6, 6.07) is 23.8. The van der Waals surface area contributed by atoms with Crippen molar-refractivity contribution in [3.8, 4) is 11.8 Å². The fourth-order valence-electron chi connectivity index (χ4n) is 3.41. The molecule has 7 heteroatoms. The van der Waals surface area contributed by atoms with E-state index in [1.807, 2.05) is 42.5 Å². The smallest absolute Gasteiger partial charge is 0.265 e. The number of rotatable bonds is 6. The minimum atomic E-state index is -0.245. The Hall–Kier alpha value is -3.89. The van der Waals surface area contributed by atoms with Crippen LogP contribution in [-0.4, -0.2) is 21.2 Å². The minimum absolute atomic E-state index is 0.145. The predicted octanol–water partition coefficient (Wildman–Crippen LogP) is 4.95. The van der Waals surface area contributed by atoms with Gasteiger partial charge in [-0.1, -0.05) is 24.3 Å².